The van der Waals surface area contributed by atoms with E-state index in [1.165, 1.54) is 5.56 Å². The topological polar surface area (TPSA) is 58.0 Å². The fourth-order valence-corrected chi connectivity index (χ4v) is 3.77. The number of halogens is 1. The van der Waals surface area contributed by atoms with Crippen LogP contribution in [0.3, 0.4) is 0 Å². The van der Waals surface area contributed by atoms with E-state index in [0.717, 1.165) is 50.5 Å². The number of carbonyl (C=O) groups is 1. The first-order valence-corrected chi connectivity index (χ1v) is 10.9. The number of piperidine rings is 1. The quantitative estimate of drug-likeness (QED) is 0.684. The largest absolute Gasteiger partial charge is 0.489 e. The molecular formula is C23H32ClN3O3. The SMILES string of the molecule is Cc1cc(CN2CCC(Oc3ccc(C(=O)NCCN(C)C)cc3Cl)CC2)oc1C. The Balaban J connectivity index is 1.48. The zero-order valence-electron chi connectivity index (χ0n) is 18.3. The third-order valence-corrected chi connectivity index (χ3v) is 5.76. The van der Waals surface area contributed by atoms with Gasteiger partial charge in [0.05, 0.1) is 11.6 Å². The minimum Gasteiger partial charge on any atom is -0.489 e. The summed E-state index contributed by atoms with van der Waals surface area (Å²) >= 11 is 6.39. The van der Waals surface area contributed by atoms with Gasteiger partial charge in [-0.15, -0.1) is 0 Å². The zero-order valence-corrected chi connectivity index (χ0v) is 19.1. The van der Waals surface area contributed by atoms with Crippen molar-refractivity contribution in [3.05, 3.63) is 51.9 Å². The van der Waals surface area contributed by atoms with Crippen LogP contribution in [0, 0.1) is 13.8 Å². The number of amides is 1. The average molecular weight is 434 g/mol. The second kappa shape index (κ2) is 10.3. The molecule has 2 heterocycles. The van der Waals surface area contributed by atoms with Crippen molar-refractivity contribution >= 4 is 17.5 Å². The normalized spacial score (nSPS) is 15.5. The molecule has 1 N–H and O–H groups in total. The molecule has 3 rings (SSSR count). The number of hydrogen-bond donors (Lipinski definition) is 1. The summed E-state index contributed by atoms with van der Waals surface area (Å²) in [7, 11) is 3.94. The smallest absolute Gasteiger partial charge is 0.251 e. The number of ether oxygens (including phenoxy) is 1. The molecule has 0 spiro atoms. The zero-order chi connectivity index (χ0) is 21.7. The monoisotopic (exact) mass is 433 g/mol. The molecule has 1 aliphatic heterocycles. The summed E-state index contributed by atoms with van der Waals surface area (Å²) in [5.74, 6) is 2.53. The van der Waals surface area contributed by atoms with E-state index in [4.69, 9.17) is 20.8 Å². The van der Waals surface area contributed by atoms with Gasteiger partial charge in [-0.05, 0) is 70.6 Å². The van der Waals surface area contributed by atoms with Crippen LogP contribution in [0.2, 0.25) is 5.02 Å². The van der Waals surface area contributed by atoms with Crippen LogP contribution >= 0.6 is 11.6 Å². The number of carbonyl (C=O) groups excluding carboxylic acids is 1. The van der Waals surface area contributed by atoms with E-state index in [-0.39, 0.29) is 12.0 Å². The molecule has 1 fully saturated rings. The van der Waals surface area contributed by atoms with Gasteiger partial charge < -0.3 is 19.4 Å². The van der Waals surface area contributed by atoms with E-state index in [1.54, 1.807) is 18.2 Å². The first-order chi connectivity index (χ1) is 14.3. The van der Waals surface area contributed by atoms with Crippen LogP contribution in [0.1, 0.15) is 40.3 Å². The highest BCUT2D eigenvalue weighted by molar-refractivity contribution is 6.32. The summed E-state index contributed by atoms with van der Waals surface area (Å²) in [6.07, 6.45) is 1.99. The van der Waals surface area contributed by atoms with Gasteiger partial charge >= 0.3 is 0 Å². The van der Waals surface area contributed by atoms with Crippen LogP contribution in [0.5, 0.6) is 5.75 Å². The molecule has 7 heteroatoms. The fraction of sp³-hybridized carbons (Fsp3) is 0.522. The summed E-state index contributed by atoms with van der Waals surface area (Å²) in [5, 5.41) is 3.37. The highest BCUT2D eigenvalue weighted by Gasteiger charge is 2.22. The Morgan fingerprint density at radius 1 is 1.27 bits per heavy atom. The molecule has 1 amide bonds. The minimum atomic E-state index is -0.123. The third kappa shape index (κ3) is 6.24. The van der Waals surface area contributed by atoms with Crippen molar-refractivity contribution in [2.24, 2.45) is 0 Å². The van der Waals surface area contributed by atoms with Crippen molar-refractivity contribution < 1.29 is 13.9 Å². The Bertz CT molecular complexity index is 838. The molecule has 1 aromatic heterocycles. The number of benzene rings is 1. The number of aryl methyl sites for hydroxylation is 2. The number of hydrogen-bond acceptors (Lipinski definition) is 5. The molecule has 0 aliphatic carbocycles. The van der Waals surface area contributed by atoms with E-state index < -0.39 is 0 Å². The van der Waals surface area contributed by atoms with Gasteiger partial charge in [-0.1, -0.05) is 11.6 Å². The van der Waals surface area contributed by atoms with Gasteiger partial charge in [0.15, 0.2) is 0 Å². The second-order valence-corrected chi connectivity index (χ2v) is 8.66. The summed E-state index contributed by atoms with van der Waals surface area (Å²) < 4.78 is 11.9. The standard InChI is InChI=1S/C23H32ClN3O3/c1-16-13-20(29-17(16)2)15-27-10-7-19(8-11-27)30-22-6-5-18(14-21(22)24)23(28)25-9-12-26(3)4/h5-6,13-14,19H,7-12,15H2,1-4H3,(H,25,28). The fourth-order valence-electron chi connectivity index (χ4n) is 3.55. The predicted molar refractivity (Wildman–Crippen MR) is 119 cm³/mol. The van der Waals surface area contributed by atoms with E-state index in [2.05, 4.69) is 23.2 Å². The first-order valence-electron chi connectivity index (χ1n) is 10.5. The van der Waals surface area contributed by atoms with E-state index in [9.17, 15) is 4.79 Å². The van der Waals surface area contributed by atoms with Crippen molar-refractivity contribution in [2.75, 3.05) is 40.3 Å². The molecule has 2 aromatic rings. The lowest BCUT2D eigenvalue weighted by Gasteiger charge is -2.31. The highest BCUT2D eigenvalue weighted by Crippen LogP contribution is 2.29. The number of nitrogens with zero attached hydrogens (tertiary/aromatic N) is 2. The number of likely N-dealkylation sites (tertiary alicyclic amines) is 1. The molecule has 0 saturated carbocycles. The van der Waals surface area contributed by atoms with Crippen LogP contribution in [0.4, 0.5) is 0 Å². The Morgan fingerprint density at radius 2 is 2.00 bits per heavy atom. The molecule has 1 aliphatic rings. The lowest BCUT2D eigenvalue weighted by atomic mass is 10.1. The van der Waals surface area contributed by atoms with Crippen LogP contribution in [-0.4, -0.2) is 62.1 Å². The molecule has 1 saturated heterocycles. The van der Waals surface area contributed by atoms with Gasteiger partial charge in [0.25, 0.3) is 5.91 Å². The van der Waals surface area contributed by atoms with Crippen LogP contribution in [-0.2, 0) is 6.54 Å². The van der Waals surface area contributed by atoms with Crippen LogP contribution < -0.4 is 10.1 Å². The van der Waals surface area contributed by atoms with Crippen LogP contribution in [0.15, 0.2) is 28.7 Å². The molecule has 30 heavy (non-hydrogen) atoms. The molecular weight excluding hydrogens is 402 g/mol. The van der Waals surface area contributed by atoms with Gasteiger partial charge in [0, 0.05) is 31.7 Å². The van der Waals surface area contributed by atoms with Gasteiger partial charge in [-0.2, -0.15) is 0 Å². The van der Waals surface area contributed by atoms with Crippen molar-refractivity contribution in [3.63, 3.8) is 0 Å². The lowest BCUT2D eigenvalue weighted by Crippen LogP contribution is -2.37. The van der Waals surface area contributed by atoms with Crippen LogP contribution in [0.25, 0.3) is 0 Å². The number of rotatable bonds is 8. The first kappa shape index (κ1) is 22.7. The minimum absolute atomic E-state index is 0.123. The maximum Gasteiger partial charge on any atom is 0.251 e. The van der Waals surface area contributed by atoms with Crippen molar-refractivity contribution in [3.8, 4) is 5.75 Å². The summed E-state index contributed by atoms with van der Waals surface area (Å²) in [6.45, 7) is 8.20. The Morgan fingerprint density at radius 3 is 2.60 bits per heavy atom. The van der Waals surface area contributed by atoms with Crippen molar-refractivity contribution in [2.45, 2.75) is 39.3 Å². The highest BCUT2D eigenvalue weighted by atomic mass is 35.5. The maximum absolute atomic E-state index is 12.2. The number of likely N-dealkylation sites (N-methyl/N-ethyl adjacent to an activating group) is 1. The second-order valence-electron chi connectivity index (χ2n) is 8.25. The van der Waals surface area contributed by atoms with Gasteiger partial charge in [0.2, 0.25) is 0 Å². The Kier molecular flexibility index (Phi) is 7.81. The lowest BCUT2D eigenvalue weighted by molar-refractivity contribution is 0.0925. The molecule has 6 nitrogen and oxygen atoms in total. The Hall–Kier alpha value is -2.02. The molecule has 0 atom stereocenters. The third-order valence-electron chi connectivity index (χ3n) is 5.46. The maximum atomic E-state index is 12.2. The van der Waals surface area contributed by atoms with E-state index in [1.807, 2.05) is 25.9 Å². The molecule has 1 aromatic carbocycles. The van der Waals surface area contributed by atoms with Gasteiger partial charge in [0.1, 0.15) is 23.4 Å². The molecule has 0 unspecified atom stereocenters. The van der Waals surface area contributed by atoms with E-state index in [0.29, 0.717) is 22.9 Å². The van der Waals surface area contributed by atoms with E-state index >= 15 is 0 Å². The molecule has 0 bridgehead atoms. The molecule has 0 radical (unpaired) electrons. The molecule has 164 valence electrons. The predicted octanol–water partition coefficient (Wildman–Crippen LogP) is 3.88. The number of furan rings is 1. The average Bonchev–Trinajstić information content (AvgIpc) is 3.01. The van der Waals surface area contributed by atoms with Gasteiger partial charge in [-0.25, -0.2) is 0 Å². The Labute approximate surface area is 184 Å². The number of nitrogens with one attached hydrogen (secondary N) is 1. The summed E-state index contributed by atoms with van der Waals surface area (Å²) in [5.41, 5.74) is 1.75. The summed E-state index contributed by atoms with van der Waals surface area (Å²) in [4.78, 5) is 16.7. The van der Waals surface area contributed by atoms with Crippen molar-refractivity contribution in [1.82, 2.24) is 15.1 Å². The summed E-state index contributed by atoms with van der Waals surface area (Å²) in [6, 6.07) is 7.36. The van der Waals surface area contributed by atoms with Gasteiger partial charge in [-0.3, -0.25) is 9.69 Å². The van der Waals surface area contributed by atoms with Crippen molar-refractivity contribution in [1.29, 1.82) is 0 Å².